The van der Waals surface area contributed by atoms with Crippen molar-refractivity contribution < 1.29 is 9.47 Å². The molecule has 0 bridgehead atoms. The van der Waals surface area contributed by atoms with Crippen LogP contribution in [0.3, 0.4) is 0 Å². The first-order chi connectivity index (χ1) is 13.7. The van der Waals surface area contributed by atoms with Crippen LogP contribution in [0.5, 0.6) is 11.5 Å². The van der Waals surface area contributed by atoms with Crippen molar-refractivity contribution >= 4 is 21.6 Å². The Morgan fingerprint density at radius 2 is 1.64 bits per heavy atom. The van der Waals surface area contributed by atoms with E-state index in [0.29, 0.717) is 11.5 Å². The number of aromatic nitrogens is 3. The minimum atomic E-state index is 0.681. The van der Waals surface area contributed by atoms with Crippen LogP contribution in [0, 0.1) is 0 Å². The van der Waals surface area contributed by atoms with Gasteiger partial charge in [-0.25, -0.2) is 9.50 Å². The van der Waals surface area contributed by atoms with Crippen molar-refractivity contribution in [2.45, 2.75) is 13.3 Å². The summed E-state index contributed by atoms with van der Waals surface area (Å²) in [6.07, 6.45) is 2.64. The summed E-state index contributed by atoms with van der Waals surface area (Å²) in [5.74, 6) is 1.38. The van der Waals surface area contributed by atoms with Gasteiger partial charge in [0.2, 0.25) is 0 Å². The van der Waals surface area contributed by atoms with Crippen molar-refractivity contribution in [3.05, 3.63) is 64.9 Å². The van der Waals surface area contributed by atoms with Crippen molar-refractivity contribution in [1.82, 2.24) is 14.6 Å². The van der Waals surface area contributed by atoms with Gasteiger partial charge in [-0.05, 0) is 48.4 Å². The molecule has 4 aromatic rings. The first-order valence-electron chi connectivity index (χ1n) is 9.01. The molecule has 4 rings (SSSR count). The van der Waals surface area contributed by atoms with Crippen molar-refractivity contribution in [3.8, 4) is 33.9 Å². The molecule has 0 fully saturated rings. The highest BCUT2D eigenvalue weighted by atomic mass is 79.9. The highest BCUT2D eigenvalue weighted by Crippen LogP contribution is 2.35. The van der Waals surface area contributed by atoms with Crippen LogP contribution < -0.4 is 9.47 Å². The molecule has 0 aliphatic rings. The Hall–Kier alpha value is -2.86. The zero-order valence-corrected chi connectivity index (χ0v) is 17.5. The number of ether oxygens (including phenoxy) is 2. The van der Waals surface area contributed by atoms with E-state index in [-0.39, 0.29) is 0 Å². The van der Waals surface area contributed by atoms with Crippen LogP contribution in [0.15, 0.2) is 59.2 Å². The molecule has 0 N–H and O–H groups in total. The lowest BCUT2D eigenvalue weighted by atomic mass is 10.0. The standard InChI is InChI=1S/C22H20BrN3O2/c1-4-17-21(14-5-8-16(23)9-6-14)22-24-12-11-18(26(22)25-17)15-7-10-19(27-2)20(13-15)28-3/h5-13H,4H2,1-3H3. The van der Waals surface area contributed by atoms with Gasteiger partial charge in [-0.3, -0.25) is 0 Å². The van der Waals surface area contributed by atoms with Gasteiger partial charge in [0.1, 0.15) is 0 Å². The number of hydrogen-bond acceptors (Lipinski definition) is 4. The maximum Gasteiger partial charge on any atom is 0.163 e. The Balaban J connectivity index is 1.94. The van der Waals surface area contributed by atoms with Crippen LogP contribution in [0.2, 0.25) is 0 Å². The average Bonchev–Trinajstić information content (AvgIpc) is 3.12. The van der Waals surface area contributed by atoms with E-state index in [4.69, 9.17) is 14.6 Å². The molecule has 0 spiro atoms. The number of benzene rings is 2. The third-order valence-corrected chi connectivity index (χ3v) is 5.27. The Morgan fingerprint density at radius 3 is 2.32 bits per heavy atom. The van der Waals surface area contributed by atoms with Gasteiger partial charge < -0.3 is 9.47 Å². The summed E-state index contributed by atoms with van der Waals surface area (Å²) < 4.78 is 13.8. The van der Waals surface area contributed by atoms with Crippen LogP contribution in [0.4, 0.5) is 0 Å². The molecule has 0 saturated carbocycles. The molecule has 0 unspecified atom stereocenters. The van der Waals surface area contributed by atoms with Crippen molar-refractivity contribution in [2.75, 3.05) is 14.2 Å². The normalized spacial score (nSPS) is 11.0. The number of rotatable bonds is 5. The van der Waals surface area contributed by atoms with E-state index in [1.165, 1.54) is 0 Å². The Morgan fingerprint density at radius 1 is 0.929 bits per heavy atom. The fourth-order valence-corrected chi connectivity index (χ4v) is 3.63. The van der Waals surface area contributed by atoms with Crippen LogP contribution >= 0.6 is 15.9 Å². The van der Waals surface area contributed by atoms with E-state index in [9.17, 15) is 0 Å². The third-order valence-electron chi connectivity index (χ3n) is 4.74. The summed E-state index contributed by atoms with van der Waals surface area (Å²) >= 11 is 3.50. The molecular weight excluding hydrogens is 418 g/mol. The maximum absolute atomic E-state index is 5.47. The SMILES string of the molecule is CCc1nn2c(-c3ccc(OC)c(OC)c3)ccnc2c1-c1ccc(Br)cc1. The van der Waals surface area contributed by atoms with Gasteiger partial charge in [0.15, 0.2) is 17.1 Å². The van der Waals surface area contributed by atoms with E-state index in [0.717, 1.165) is 44.6 Å². The quantitative estimate of drug-likeness (QED) is 0.418. The Labute approximate surface area is 172 Å². The summed E-state index contributed by atoms with van der Waals surface area (Å²) in [5, 5.41) is 4.87. The molecule has 0 atom stereocenters. The van der Waals surface area contributed by atoms with Crippen LogP contribution in [0.25, 0.3) is 28.0 Å². The summed E-state index contributed by atoms with van der Waals surface area (Å²) in [4.78, 5) is 4.64. The second-order valence-electron chi connectivity index (χ2n) is 6.32. The fraction of sp³-hybridized carbons (Fsp3) is 0.182. The number of nitrogens with zero attached hydrogens (tertiary/aromatic N) is 3. The average molecular weight is 438 g/mol. The van der Waals surface area contributed by atoms with Crippen LogP contribution in [0.1, 0.15) is 12.6 Å². The lowest BCUT2D eigenvalue weighted by molar-refractivity contribution is 0.355. The number of methoxy groups -OCH3 is 2. The van der Waals surface area contributed by atoms with Crippen molar-refractivity contribution in [2.24, 2.45) is 0 Å². The molecule has 0 saturated heterocycles. The molecule has 0 radical (unpaired) electrons. The molecule has 142 valence electrons. The number of hydrogen-bond donors (Lipinski definition) is 0. The number of fused-ring (bicyclic) bond motifs is 1. The van der Waals surface area contributed by atoms with E-state index in [1.54, 1.807) is 14.2 Å². The second-order valence-corrected chi connectivity index (χ2v) is 7.23. The zero-order chi connectivity index (χ0) is 19.7. The minimum Gasteiger partial charge on any atom is -0.493 e. The van der Waals surface area contributed by atoms with Gasteiger partial charge in [0.25, 0.3) is 0 Å². The van der Waals surface area contributed by atoms with Gasteiger partial charge in [0.05, 0.1) is 25.6 Å². The zero-order valence-electron chi connectivity index (χ0n) is 15.9. The first kappa shape index (κ1) is 18.5. The number of halogens is 1. The lowest BCUT2D eigenvalue weighted by Crippen LogP contribution is -1.97. The third kappa shape index (κ3) is 3.14. The highest BCUT2D eigenvalue weighted by molar-refractivity contribution is 9.10. The molecule has 28 heavy (non-hydrogen) atoms. The molecule has 0 aliphatic carbocycles. The molecule has 0 amide bonds. The molecule has 2 aromatic carbocycles. The molecule has 5 nitrogen and oxygen atoms in total. The van der Waals surface area contributed by atoms with Crippen LogP contribution in [-0.4, -0.2) is 28.8 Å². The first-order valence-corrected chi connectivity index (χ1v) is 9.80. The van der Waals surface area contributed by atoms with Gasteiger partial charge >= 0.3 is 0 Å². The molecule has 2 heterocycles. The van der Waals surface area contributed by atoms with E-state index >= 15 is 0 Å². The Kier molecular flexibility index (Phi) is 5.05. The fourth-order valence-electron chi connectivity index (χ4n) is 3.36. The molecule has 2 aromatic heterocycles. The van der Waals surface area contributed by atoms with Crippen LogP contribution in [-0.2, 0) is 6.42 Å². The smallest absolute Gasteiger partial charge is 0.163 e. The van der Waals surface area contributed by atoms with Gasteiger partial charge in [-0.2, -0.15) is 5.10 Å². The number of aryl methyl sites for hydroxylation is 1. The van der Waals surface area contributed by atoms with E-state index < -0.39 is 0 Å². The van der Waals surface area contributed by atoms with Gasteiger partial charge in [0, 0.05) is 21.8 Å². The predicted octanol–water partition coefficient (Wildman–Crippen LogP) is 5.41. The lowest BCUT2D eigenvalue weighted by Gasteiger charge is -2.10. The maximum atomic E-state index is 5.47. The summed E-state index contributed by atoms with van der Waals surface area (Å²) in [6.45, 7) is 2.11. The van der Waals surface area contributed by atoms with Crippen molar-refractivity contribution in [3.63, 3.8) is 0 Å². The summed E-state index contributed by atoms with van der Waals surface area (Å²) in [7, 11) is 3.27. The monoisotopic (exact) mass is 437 g/mol. The predicted molar refractivity (Wildman–Crippen MR) is 114 cm³/mol. The molecule has 6 heteroatoms. The van der Waals surface area contributed by atoms with E-state index in [1.807, 2.05) is 47.1 Å². The highest BCUT2D eigenvalue weighted by Gasteiger charge is 2.18. The summed E-state index contributed by atoms with van der Waals surface area (Å²) in [5.41, 5.74) is 5.96. The molecule has 0 aliphatic heterocycles. The van der Waals surface area contributed by atoms with E-state index in [2.05, 4.69) is 40.0 Å². The molecular formula is C22H20BrN3O2. The second kappa shape index (κ2) is 7.64. The van der Waals surface area contributed by atoms with Gasteiger partial charge in [-0.1, -0.05) is 35.0 Å². The van der Waals surface area contributed by atoms with Gasteiger partial charge in [-0.15, -0.1) is 0 Å². The summed E-state index contributed by atoms with van der Waals surface area (Å²) in [6, 6.07) is 16.1. The Bertz CT molecular complexity index is 1140. The minimum absolute atomic E-state index is 0.681. The van der Waals surface area contributed by atoms with Crippen molar-refractivity contribution in [1.29, 1.82) is 0 Å². The largest absolute Gasteiger partial charge is 0.493 e. The topological polar surface area (TPSA) is 48.7 Å².